The standard InChI is InChI=1S/C15H19Cl2N5/c1-10-19-13(18-7-8-22(2)3)9-14(20-10)21-12-6-4-5-11(16)15(12)17/h4-6,9H,7-8H2,1-3H3,(H2,18,19,20,21). The molecule has 1 aromatic carbocycles. The first-order valence-electron chi connectivity index (χ1n) is 6.91. The molecule has 0 amide bonds. The van der Waals surface area contributed by atoms with Crippen molar-refractivity contribution in [3.8, 4) is 0 Å². The molecular weight excluding hydrogens is 321 g/mol. The van der Waals surface area contributed by atoms with Crippen LogP contribution in [0.1, 0.15) is 5.82 Å². The number of likely N-dealkylation sites (N-methyl/N-ethyl adjacent to an activating group) is 1. The maximum atomic E-state index is 6.18. The predicted octanol–water partition coefficient (Wildman–Crippen LogP) is 3.81. The van der Waals surface area contributed by atoms with Gasteiger partial charge in [-0.15, -0.1) is 0 Å². The zero-order chi connectivity index (χ0) is 16.1. The van der Waals surface area contributed by atoms with Crippen molar-refractivity contribution < 1.29 is 0 Å². The minimum absolute atomic E-state index is 0.475. The van der Waals surface area contributed by atoms with E-state index in [4.69, 9.17) is 23.2 Å². The van der Waals surface area contributed by atoms with Crippen LogP contribution in [-0.2, 0) is 0 Å². The van der Waals surface area contributed by atoms with E-state index in [-0.39, 0.29) is 0 Å². The Bertz CT molecular complexity index is 646. The van der Waals surface area contributed by atoms with E-state index in [1.165, 1.54) is 0 Å². The summed E-state index contributed by atoms with van der Waals surface area (Å²) in [4.78, 5) is 10.8. The topological polar surface area (TPSA) is 53.1 Å². The number of rotatable bonds is 6. The van der Waals surface area contributed by atoms with Gasteiger partial charge in [0.1, 0.15) is 17.5 Å². The Labute approximate surface area is 140 Å². The van der Waals surface area contributed by atoms with Gasteiger partial charge in [-0.05, 0) is 33.2 Å². The lowest BCUT2D eigenvalue weighted by atomic mass is 10.3. The van der Waals surface area contributed by atoms with E-state index in [0.29, 0.717) is 27.4 Å². The number of hydrogen-bond donors (Lipinski definition) is 2. The van der Waals surface area contributed by atoms with Crippen molar-refractivity contribution in [2.45, 2.75) is 6.92 Å². The second kappa shape index (κ2) is 7.63. The third-order valence-corrected chi connectivity index (χ3v) is 3.74. The van der Waals surface area contributed by atoms with Crippen LogP contribution in [0.2, 0.25) is 10.0 Å². The summed E-state index contributed by atoms with van der Waals surface area (Å²) in [5.41, 5.74) is 0.714. The quantitative estimate of drug-likeness (QED) is 0.838. The SMILES string of the molecule is Cc1nc(NCCN(C)C)cc(Nc2cccc(Cl)c2Cl)n1. The molecule has 5 nitrogen and oxygen atoms in total. The van der Waals surface area contributed by atoms with Crippen molar-refractivity contribution in [1.82, 2.24) is 14.9 Å². The highest BCUT2D eigenvalue weighted by Crippen LogP contribution is 2.31. The second-order valence-electron chi connectivity index (χ2n) is 5.14. The smallest absolute Gasteiger partial charge is 0.136 e. The Hall–Kier alpha value is -1.56. The van der Waals surface area contributed by atoms with E-state index in [9.17, 15) is 0 Å². The Morgan fingerprint density at radius 2 is 1.86 bits per heavy atom. The van der Waals surface area contributed by atoms with E-state index in [1.54, 1.807) is 6.07 Å². The highest BCUT2D eigenvalue weighted by Gasteiger charge is 2.07. The molecule has 0 saturated carbocycles. The Kier molecular flexibility index (Phi) is 5.83. The molecule has 22 heavy (non-hydrogen) atoms. The van der Waals surface area contributed by atoms with Gasteiger partial charge in [-0.1, -0.05) is 29.3 Å². The van der Waals surface area contributed by atoms with Gasteiger partial charge >= 0.3 is 0 Å². The molecule has 2 aromatic rings. The molecule has 0 atom stereocenters. The average molecular weight is 340 g/mol. The van der Waals surface area contributed by atoms with Crippen molar-refractivity contribution in [2.75, 3.05) is 37.8 Å². The normalized spacial score (nSPS) is 10.8. The number of aromatic nitrogens is 2. The summed E-state index contributed by atoms with van der Waals surface area (Å²) >= 11 is 12.2. The van der Waals surface area contributed by atoms with Gasteiger partial charge in [0, 0.05) is 19.2 Å². The third-order valence-electron chi connectivity index (χ3n) is 2.92. The summed E-state index contributed by atoms with van der Waals surface area (Å²) in [5, 5.41) is 7.43. The van der Waals surface area contributed by atoms with Crippen molar-refractivity contribution in [1.29, 1.82) is 0 Å². The second-order valence-corrected chi connectivity index (χ2v) is 5.93. The molecule has 2 N–H and O–H groups in total. The molecule has 1 heterocycles. The van der Waals surface area contributed by atoms with Crippen LogP contribution in [0, 0.1) is 6.92 Å². The zero-order valence-corrected chi connectivity index (χ0v) is 14.3. The number of aryl methyl sites for hydroxylation is 1. The van der Waals surface area contributed by atoms with Crippen molar-refractivity contribution in [2.24, 2.45) is 0 Å². The summed E-state index contributed by atoms with van der Waals surface area (Å²) in [7, 11) is 4.06. The van der Waals surface area contributed by atoms with Crippen LogP contribution in [0.15, 0.2) is 24.3 Å². The number of halogens is 2. The molecule has 0 unspecified atom stereocenters. The molecule has 2 rings (SSSR count). The third kappa shape index (κ3) is 4.73. The Balaban J connectivity index is 2.14. The minimum atomic E-state index is 0.475. The minimum Gasteiger partial charge on any atom is -0.369 e. The van der Waals surface area contributed by atoms with Gasteiger partial charge in [0.15, 0.2) is 0 Å². The molecular formula is C15H19Cl2N5. The maximum absolute atomic E-state index is 6.18. The molecule has 118 valence electrons. The number of benzene rings is 1. The monoisotopic (exact) mass is 339 g/mol. The molecule has 0 radical (unpaired) electrons. The Morgan fingerprint density at radius 1 is 1.14 bits per heavy atom. The lowest BCUT2D eigenvalue weighted by Gasteiger charge is -2.13. The van der Waals surface area contributed by atoms with Crippen LogP contribution in [0.25, 0.3) is 0 Å². The van der Waals surface area contributed by atoms with Gasteiger partial charge in [0.2, 0.25) is 0 Å². The van der Waals surface area contributed by atoms with E-state index in [0.717, 1.165) is 18.9 Å². The molecule has 0 spiro atoms. The van der Waals surface area contributed by atoms with Gasteiger partial charge in [0.05, 0.1) is 15.7 Å². The van der Waals surface area contributed by atoms with Crippen LogP contribution < -0.4 is 10.6 Å². The number of nitrogens with one attached hydrogen (secondary N) is 2. The first kappa shape index (κ1) is 16.8. The molecule has 0 fully saturated rings. The fourth-order valence-electron chi connectivity index (χ4n) is 1.87. The summed E-state index contributed by atoms with van der Waals surface area (Å²) in [6.45, 7) is 3.58. The highest BCUT2D eigenvalue weighted by molar-refractivity contribution is 6.43. The predicted molar refractivity (Wildman–Crippen MR) is 93.6 cm³/mol. The molecule has 0 bridgehead atoms. The summed E-state index contributed by atoms with van der Waals surface area (Å²) < 4.78 is 0. The first-order valence-corrected chi connectivity index (χ1v) is 7.66. The molecule has 1 aromatic heterocycles. The van der Waals surface area contributed by atoms with E-state index in [2.05, 4.69) is 25.5 Å². The summed E-state index contributed by atoms with van der Waals surface area (Å²) in [6, 6.07) is 7.28. The Morgan fingerprint density at radius 3 is 2.59 bits per heavy atom. The summed E-state index contributed by atoms with van der Waals surface area (Å²) in [6.07, 6.45) is 0. The fraction of sp³-hybridized carbons (Fsp3) is 0.333. The number of nitrogens with zero attached hydrogens (tertiary/aromatic N) is 3. The van der Waals surface area contributed by atoms with Crippen molar-refractivity contribution in [3.05, 3.63) is 40.1 Å². The van der Waals surface area contributed by atoms with Gasteiger partial charge < -0.3 is 15.5 Å². The van der Waals surface area contributed by atoms with Crippen LogP contribution in [0.5, 0.6) is 0 Å². The van der Waals surface area contributed by atoms with Gasteiger partial charge in [-0.25, -0.2) is 9.97 Å². The highest BCUT2D eigenvalue weighted by atomic mass is 35.5. The lowest BCUT2D eigenvalue weighted by Crippen LogP contribution is -2.21. The maximum Gasteiger partial charge on any atom is 0.136 e. The van der Waals surface area contributed by atoms with E-state index < -0.39 is 0 Å². The van der Waals surface area contributed by atoms with E-state index in [1.807, 2.05) is 39.2 Å². The average Bonchev–Trinajstić information content (AvgIpc) is 2.43. The largest absolute Gasteiger partial charge is 0.369 e. The molecule has 7 heteroatoms. The number of anilines is 3. The van der Waals surface area contributed by atoms with Gasteiger partial charge in [0.25, 0.3) is 0 Å². The van der Waals surface area contributed by atoms with Crippen LogP contribution in [-0.4, -0.2) is 42.1 Å². The molecule has 0 aliphatic rings. The fourth-order valence-corrected chi connectivity index (χ4v) is 2.22. The van der Waals surface area contributed by atoms with Crippen molar-refractivity contribution in [3.63, 3.8) is 0 Å². The lowest BCUT2D eigenvalue weighted by molar-refractivity contribution is 0.425. The zero-order valence-electron chi connectivity index (χ0n) is 12.8. The molecule has 0 aliphatic heterocycles. The molecule has 0 aliphatic carbocycles. The number of hydrogen-bond acceptors (Lipinski definition) is 5. The molecule has 0 saturated heterocycles. The van der Waals surface area contributed by atoms with Crippen molar-refractivity contribution >= 4 is 40.5 Å². The van der Waals surface area contributed by atoms with Crippen LogP contribution in [0.4, 0.5) is 17.3 Å². The van der Waals surface area contributed by atoms with Gasteiger partial charge in [-0.2, -0.15) is 0 Å². The first-order chi connectivity index (χ1) is 10.5. The van der Waals surface area contributed by atoms with Gasteiger partial charge in [-0.3, -0.25) is 0 Å². The van der Waals surface area contributed by atoms with Crippen LogP contribution in [0.3, 0.4) is 0 Å². The summed E-state index contributed by atoms with van der Waals surface area (Å²) in [5.74, 6) is 2.12. The van der Waals surface area contributed by atoms with Crippen LogP contribution >= 0.6 is 23.2 Å². The van der Waals surface area contributed by atoms with E-state index >= 15 is 0 Å².